The van der Waals surface area contributed by atoms with Gasteiger partial charge in [-0.25, -0.2) is 9.97 Å². The fourth-order valence-electron chi connectivity index (χ4n) is 2.56. The van der Waals surface area contributed by atoms with Crippen LogP contribution < -0.4 is 5.73 Å². The number of hydrogen-bond donors (Lipinski definition) is 1. The van der Waals surface area contributed by atoms with Gasteiger partial charge in [0.05, 0.1) is 31.0 Å². The molecule has 0 radical (unpaired) electrons. The molecular formula is C15H19N3O3S2. The number of rotatable bonds is 4. The largest absolute Gasteiger partial charge is 0.468 e. The van der Waals surface area contributed by atoms with Crippen molar-refractivity contribution in [1.82, 2.24) is 9.97 Å². The molecule has 2 N–H and O–H groups in total. The van der Waals surface area contributed by atoms with Crippen LogP contribution in [0.15, 0.2) is 5.16 Å². The Bertz CT molecular complexity index is 745. The van der Waals surface area contributed by atoms with Crippen molar-refractivity contribution < 1.29 is 14.3 Å². The van der Waals surface area contributed by atoms with E-state index in [9.17, 15) is 4.79 Å². The Morgan fingerprint density at radius 2 is 2.30 bits per heavy atom. The first-order valence-electron chi connectivity index (χ1n) is 7.38. The van der Waals surface area contributed by atoms with E-state index in [4.69, 9.17) is 10.5 Å². The van der Waals surface area contributed by atoms with Crippen molar-refractivity contribution >= 4 is 45.1 Å². The fraction of sp³-hybridized carbons (Fsp3) is 0.533. The summed E-state index contributed by atoms with van der Waals surface area (Å²) < 4.78 is 10.5. The first-order valence-corrected chi connectivity index (χ1v) is 9.18. The predicted octanol–water partition coefficient (Wildman–Crippen LogP) is 2.64. The number of carbonyl (C=O) groups is 1. The zero-order chi connectivity index (χ0) is 16.6. The lowest BCUT2D eigenvalue weighted by Gasteiger charge is -2.26. The minimum Gasteiger partial charge on any atom is -0.468 e. The zero-order valence-electron chi connectivity index (χ0n) is 13.3. The van der Waals surface area contributed by atoms with Crippen molar-refractivity contribution in [2.75, 3.05) is 18.6 Å². The van der Waals surface area contributed by atoms with E-state index < -0.39 is 0 Å². The second kappa shape index (κ2) is 6.62. The molecule has 0 fully saturated rings. The molecule has 1 aliphatic heterocycles. The number of aromatic nitrogens is 2. The SMILES string of the molecule is COC(=O)CSc1nc(N)c2c3c(sc2n1)COC(C(C)C)C3. The van der Waals surface area contributed by atoms with Crippen molar-refractivity contribution in [2.45, 2.75) is 38.1 Å². The first kappa shape index (κ1) is 16.5. The Morgan fingerprint density at radius 3 is 3.00 bits per heavy atom. The molecule has 1 unspecified atom stereocenters. The first-order chi connectivity index (χ1) is 11.0. The molecule has 0 bridgehead atoms. The van der Waals surface area contributed by atoms with Crippen LogP contribution in [0.1, 0.15) is 24.3 Å². The normalized spacial score (nSPS) is 17.5. The molecule has 124 valence electrons. The Kier molecular flexibility index (Phi) is 4.74. The molecule has 1 aliphatic rings. The van der Waals surface area contributed by atoms with E-state index in [2.05, 4.69) is 28.6 Å². The standard InChI is InChI=1S/C15H19N3O3S2/c1-7(2)9-4-8-10(5-21-9)23-14-12(8)13(16)17-15(18-14)22-6-11(19)20-3/h7,9H,4-6H2,1-3H3,(H2,16,17,18). The molecule has 0 saturated carbocycles. The average Bonchev–Trinajstić information content (AvgIpc) is 2.90. The maximum Gasteiger partial charge on any atom is 0.316 e. The van der Waals surface area contributed by atoms with Gasteiger partial charge in [0.15, 0.2) is 5.16 Å². The smallest absolute Gasteiger partial charge is 0.316 e. The van der Waals surface area contributed by atoms with Gasteiger partial charge in [0.1, 0.15) is 10.6 Å². The summed E-state index contributed by atoms with van der Waals surface area (Å²) in [5.74, 6) is 0.792. The van der Waals surface area contributed by atoms with E-state index in [1.165, 1.54) is 29.3 Å². The van der Waals surface area contributed by atoms with Gasteiger partial charge in [0.25, 0.3) is 0 Å². The molecule has 2 aromatic rings. The van der Waals surface area contributed by atoms with E-state index >= 15 is 0 Å². The summed E-state index contributed by atoms with van der Waals surface area (Å²) in [4.78, 5) is 22.2. The highest BCUT2D eigenvalue weighted by Gasteiger charge is 2.27. The highest BCUT2D eigenvalue weighted by atomic mass is 32.2. The van der Waals surface area contributed by atoms with Crippen molar-refractivity contribution in [3.63, 3.8) is 0 Å². The van der Waals surface area contributed by atoms with Crippen LogP contribution in [0.2, 0.25) is 0 Å². The number of nitrogens with zero attached hydrogens (tertiary/aromatic N) is 2. The number of thiophene rings is 1. The van der Waals surface area contributed by atoms with Crippen LogP contribution in [0.5, 0.6) is 0 Å². The molecule has 0 spiro atoms. The number of nitrogens with two attached hydrogens (primary N) is 1. The van der Waals surface area contributed by atoms with Crippen LogP contribution in [-0.4, -0.2) is 34.9 Å². The van der Waals surface area contributed by atoms with Gasteiger partial charge in [-0.15, -0.1) is 11.3 Å². The highest BCUT2D eigenvalue weighted by molar-refractivity contribution is 7.99. The number of esters is 1. The zero-order valence-corrected chi connectivity index (χ0v) is 14.9. The van der Waals surface area contributed by atoms with Crippen LogP contribution in [0.3, 0.4) is 0 Å². The summed E-state index contributed by atoms with van der Waals surface area (Å²) in [6, 6.07) is 0. The van der Waals surface area contributed by atoms with E-state index in [1.54, 1.807) is 11.3 Å². The van der Waals surface area contributed by atoms with Crippen molar-refractivity contribution in [3.8, 4) is 0 Å². The van der Waals surface area contributed by atoms with Gasteiger partial charge in [-0.1, -0.05) is 25.6 Å². The minimum absolute atomic E-state index is 0.172. The van der Waals surface area contributed by atoms with Crippen LogP contribution >= 0.6 is 23.1 Å². The number of anilines is 1. The van der Waals surface area contributed by atoms with Gasteiger partial charge in [0.2, 0.25) is 0 Å². The molecule has 0 amide bonds. The molecule has 1 atom stereocenters. The number of fused-ring (bicyclic) bond motifs is 3. The maximum atomic E-state index is 11.2. The summed E-state index contributed by atoms with van der Waals surface area (Å²) in [5, 5.41) is 1.45. The molecule has 3 heterocycles. The third-order valence-corrected chi connectivity index (χ3v) is 5.79. The minimum atomic E-state index is -0.309. The van der Waals surface area contributed by atoms with Gasteiger partial charge in [-0.3, -0.25) is 4.79 Å². The molecule has 3 rings (SSSR count). The van der Waals surface area contributed by atoms with Crippen LogP contribution in [0, 0.1) is 5.92 Å². The predicted molar refractivity (Wildman–Crippen MR) is 91.7 cm³/mol. The lowest BCUT2D eigenvalue weighted by atomic mass is 9.96. The maximum absolute atomic E-state index is 11.2. The Hall–Kier alpha value is -1.38. The van der Waals surface area contributed by atoms with Gasteiger partial charge in [0, 0.05) is 11.3 Å². The van der Waals surface area contributed by atoms with Crippen molar-refractivity contribution in [2.24, 2.45) is 5.92 Å². The topological polar surface area (TPSA) is 87.3 Å². The lowest BCUT2D eigenvalue weighted by molar-refractivity contribution is -0.137. The number of methoxy groups -OCH3 is 1. The molecule has 8 heteroatoms. The second-order valence-corrected chi connectivity index (χ2v) is 7.76. The van der Waals surface area contributed by atoms with Gasteiger partial charge >= 0.3 is 5.97 Å². The molecule has 0 saturated heterocycles. The monoisotopic (exact) mass is 353 g/mol. The third-order valence-electron chi connectivity index (χ3n) is 3.87. The van der Waals surface area contributed by atoms with Crippen molar-refractivity contribution in [3.05, 3.63) is 10.4 Å². The van der Waals surface area contributed by atoms with E-state index in [0.29, 0.717) is 23.5 Å². The van der Waals surface area contributed by atoms with Gasteiger partial charge in [-0.2, -0.15) is 0 Å². The summed E-state index contributed by atoms with van der Waals surface area (Å²) >= 11 is 2.83. The average molecular weight is 353 g/mol. The quantitative estimate of drug-likeness (QED) is 0.513. The number of nitrogen functional groups attached to an aromatic ring is 1. The van der Waals surface area contributed by atoms with Crippen LogP contribution in [0.25, 0.3) is 10.2 Å². The molecule has 0 aromatic carbocycles. The van der Waals surface area contributed by atoms with E-state index in [0.717, 1.165) is 16.6 Å². The number of thioether (sulfide) groups is 1. The molecule has 6 nitrogen and oxygen atoms in total. The van der Waals surface area contributed by atoms with Crippen LogP contribution in [0.4, 0.5) is 5.82 Å². The second-order valence-electron chi connectivity index (χ2n) is 5.74. The molecule has 23 heavy (non-hydrogen) atoms. The summed E-state index contributed by atoms with van der Waals surface area (Å²) in [6.45, 7) is 4.92. The van der Waals surface area contributed by atoms with E-state index in [1.807, 2.05) is 0 Å². The lowest BCUT2D eigenvalue weighted by Crippen LogP contribution is -2.26. The van der Waals surface area contributed by atoms with Gasteiger partial charge in [-0.05, 0) is 11.5 Å². The van der Waals surface area contributed by atoms with Gasteiger partial charge < -0.3 is 15.2 Å². The summed E-state index contributed by atoms with van der Waals surface area (Å²) in [7, 11) is 1.36. The fourth-order valence-corrected chi connectivity index (χ4v) is 4.43. The van der Waals surface area contributed by atoms with E-state index in [-0.39, 0.29) is 17.8 Å². The molecule has 2 aromatic heterocycles. The van der Waals surface area contributed by atoms with Crippen LogP contribution in [-0.2, 0) is 27.3 Å². The number of hydrogen-bond acceptors (Lipinski definition) is 8. The number of ether oxygens (including phenoxy) is 2. The summed E-state index contributed by atoms with van der Waals surface area (Å²) in [6.07, 6.45) is 1.04. The summed E-state index contributed by atoms with van der Waals surface area (Å²) in [5.41, 5.74) is 7.39. The third kappa shape index (κ3) is 3.29. The number of carbonyl (C=O) groups excluding carboxylic acids is 1. The Morgan fingerprint density at radius 1 is 1.52 bits per heavy atom. The van der Waals surface area contributed by atoms with Crippen molar-refractivity contribution in [1.29, 1.82) is 0 Å². The Labute approximate surface area is 142 Å². The Balaban J connectivity index is 1.93. The molecular weight excluding hydrogens is 334 g/mol. The molecule has 0 aliphatic carbocycles. The highest BCUT2D eigenvalue weighted by Crippen LogP contribution is 2.39.